The van der Waals surface area contributed by atoms with Gasteiger partial charge < -0.3 is 19.7 Å². The van der Waals surface area contributed by atoms with Crippen LogP contribution in [0.4, 0.5) is 11.4 Å². The van der Waals surface area contributed by atoms with E-state index >= 15 is 0 Å². The van der Waals surface area contributed by atoms with E-state index in [9.17, 15) is 4.79 Å². The standard InChI is InChI=1S/C23H25N3O3S/c1-3-29-20-9-7-17(8-10-20)23-24-16(2)21(30-23)22(27)25-18-5-4-6-19(15-18)26-11-13-28-14-12-26/h4-10,15H,3,11-14H2,1-2H3,(H,25,27). The number of hydrogen-bond donors (Lipinski definition) is 1. The number of rotatable bonds is 6. The predicted octanol–water partition coefficient (Wildman–Crippen LogP) is 4.61. The second-order valence-corrected chi connectivity index (χ2v) is 7.99. The molecule has 30 heavy (non-hydrogen) atoms. The minimum Gasteiger partial charge on any atom is -0.494 e. The number of benzene rings is 2. The minimum atomic E-state index is -0.138. The highest BCUT2D eigenvalue weighted by atomic mass is 32.1. The fourth-order valence-corrected chi connectivity index (χ4v) is 4.35. The number of aryl methyl sites for hydroxylation is 1. The van der Waals surface area contributed by atoms with Gasteiger partial charge in [0.25, 0.3) is 5.91 Å². The van der Waals surface area contributed by atoms with Crippen molar-refractivity contribution in [2.45, 2.75) is 13.8 Å². The molecule has 0 spiro atoms. The van der Waals surface area contributed by atoms with E-state index < -0.39 is 0 Å². The summed E-state index contributed by atoms with van der Waals surface area (Å²) in [5.74, 6) is 0.689. The van der Waals surface area contributed by atoms with Crippen molar-refractivity contribution in [1.82, 2.24) is 4.98 Å². The lowest BCUT2D eigenvalue weighted by Gasteiger charge is -2.29. The lowest BCUT2D eigenvalue weighted by atomic mass is 10.2. The molecule has 1 aliphatic rings. The molecule has 2 aromatic carbocycles. The van der Waals surface area contributed by atoms with Crippen LogP contribution in [0.3, 0.4) is 0 Å². The second-order valence-electron chi connectivity index (χ2n) is 6.99. The summed E-state index contributed by atoms with van der Waals surface area (Å²) in [6, 6.07) is 15.7. The van der Waals surface area contributed by atoms with Crippen molar-refractivity contribution >= 4 is 28.6 Å². The number of anilines is 2. The number of nitrogens with zero attached hydrogens (tertiary/aromatic N) is 2. The Labute approximate surface area is 180 Å². The van der Waals surface area contributed by atoms with E-state index in [-0.39, 0.29) is 5.91 Å². The van der Waals surface area contributed by atoms with Crippen LogP contribution in [0.15, 0.2) is 48.5 Å². The molecular formula is C23H25N3O3S. The maximum Gasteiger partial charge on any atom is 0.267 e. The van der Waals surface area contributed by atoms with Gasteiger partial charge in [0.05, 0.1) is 25.5 Å². The van der Waals surface area contributed by atoms with Crippen molar-refractivity contribution in [2.75, 3.05) is 43.1 Å². The van der Waals surface area contributed by atoms with Crippen molar-refractivity contribution < 1.29 is 14.3 Å². The molecule has 4 rings (SSSR count). The van der Waals surface area contributed by atoms with Crippen LogP contribution in [-0.4, -0.2) is 43.8 Å². The zero-order valence-corrected chi connectivity index (χ0v) is 18.0. The first kappa shape index (κ1) is 20.4. The Bertz CT molecular complexity index is 1010. The van der Waals surface area contributed by atoms with Crippen LogP contribution in [0.5, 0.6) is 5.75 Å². The number of morpholine rings is 1. The summed E-state index contributed by atoms with van der Waals surface area (Å²) >= 11 is 1.40. The highest BCUT2D eigenvalue weighted by Crippen LogP contribution is 2.30. The molecule has 1 aromatic heterocycles. The van der Waals surface area contributed by atoms with Crippen molar-refractivity contribution in [1.29, 1.82) is 0 Å². The summed E-state index contributed by atoms with van der Waals surface area (Å²) in [7, 11) is 0. The summed E-state index contributed by atoms with van der Waals surface area (Å²) in [5, 5.41) is 3.84. The molecule has 0 saturated carbocycles. The molecule has 1 amide bonds. The Morgan fingerprint density at radius 1 is 1.20 bits per heavy atom. The highest BCUT2D eigenvalue weighted by molar-refractivity contribution is 7.17. The summed E-state index contributed by atoms with van der Waals surface area (Å²) in [4.78, 5) is 20.4. The fourth-order valence-electron chi connectivity index (χ4n) is 3.38. The third kappa shape index (κ3) is 4.63. The molecule has 1 fully saturated rings. The molecular weight excluding hydrogens is 398 g/mol. The zero-order valence-electron chi connectivity index (χ0n) is 17.2. The van der Waals surface area contributed by atoms with Gasteiger partial charge in [-0.1, -0.05) is 6.07 Å². The van der Waals surface area contributed by atoms with Gasteiger partial charge in [-0.2, -0.15) is 0 Å². The molecule has 0 bridgehead atoms. The van der Waals surface area contributed by atoms with E-state index in [1.807, 2.05) is 56.3 Å². The molecule has 1 saturated heterocycles. The number of amides is 1. The lowest BCUT2D eigenvalue weighted by Crippen LogP contribution is -2.36. The van der Waals surface area contributed by atoms with Crippen LogP contribution in [0.2, 0.25) is 0 Å². The molecule has 7 heteroatoms. The Morgan fingerprint density at radius 3 is 2.70 bits per heavy atom. The smallest absolute Gasteiger partial charge is 0.267 e. The number of carbonyl (C=O) groups excluding carboxylic acids is 1. The van der Waals surface area contributed by atoms with Crippen LogP contribution >= 0.6 is 11.3 Å². The molecule has 0 atom stereocenters. The van der Waals surface area contributed by atoms with Crippen molar-refractivity contribution in [3.05, 3.63) is 59.1 Å². The number of carbonyl (C=O) groups is 1. The van der Waals surface area contributed by atoms with Crippen LogP contribution in [0, 0.1) is 6.92 Å². The Morgan fingerprint density at radius 2 is 1.97 bits per heavy atom. The maximum absolute atomic E-state index is 12.9. The van der Waals surface area contributed by atoms with Crippen LogP contribution < -0.4 is 15.0 Å². The zero-order chi connectivity index (χ0) is 20.9. The van der Waals surface area contributed by atoms with Crippen LogP contribution in [0.1, 0.15) is 22.3 Å². The van der Waals surface area contributed by atoms with Gasteiger partial charge in [-0.3, -0.25) is 4.79 Å². The number of ether oxygens (including phenoxy) is 2. The average molecular weight is 424 g/mol. The van der Waals surface area contributed by atoms with Crippen molar-refractivity contribution in [2.24, 2.45) is 0 Å². The quantitative estimate of drug-likeness (QED) is 0.627. The summed E-state index contributed by atoms with van der Waals surface area (Å²) in [5.41, 5.74) is 3.57. The number of nitrogens with one attached hydrogen (secondary N) is 1. The predicted molar refractivity (Wildman–Crippen MR) is 121 cm³/mol. The molecule has 1 N–H and O–H groups in total. The first-order valence-corrected chi connectivity index (χ1v) is 10.9. The Balaban J connectivity index is 1.49. The monoisotopic (exact) mass is 423 g/mol. The van der Waals surface area contributed by atoms with E-state index in [1.165, 1.54) is 11.3 Å². The van der Waals surface area contributed by atoms with Gasteiger partial charge in [-0.15, -0.1) is 11.3 Å². The van der Waals surface area contributed by atoms with Gasteiger partial charge in [0.15, 0.2) is 0 Å². The van der Waals surface area contributed by atoms with Crippen LogP contribution in [0.25, 0.3) is 10.6 Å². The van der Waals surface area contributed by atoms with Crippen LogP contribution in [-0.2, 0) is 4.74 Å². The summed E-state index contributed by atoms with van der Waals surface area (Å²) in [6.07, 6.45) is 0. The van der Waals surface area contributed by atoms with Crippen molar-refractivity contribution in [3.8, 4) is 16.3 Å². The van der Waals surface area contributed by atoms with E-state index in [0.29, 0.717) is 11.5 Å². The first-order chi connectivity index (χ1) is 14.6. The molecule has 3 aromatic rings. The first-order valence-electron chi connectivity index (χ1n) is 10.1. The molecule has 0 aliphatic carbocycles. The Kier molecular flexibility index (Phi) is 6.30. The third-order valence-electron chi connectivity index (χ3n) is 4.90. The van der Waals surface area contributed by atoms with Gasteiger partial charge >= 0.3 is 0 Å². The SMILES string of the molecule is CCOc1ccc(-c2nc(C)c(C(=O)Nc3cccc(N4CCOCC4)c3)s2)cc1. The van der Waals surface area contributed by atoms with Crippen molar-refractivity contribution in [3.63, 3.8) is 0 Å². The van der Waals surface area contributed by atoms with E-state index in [2.05, 4.69) is 21.3 Å². The van der Waals surface area contributed by atoms with Gasteiger partial charge in [-0.05, 0) is 56.3 Å². The number of hydrogen-bond acceptors (Lipinski definition) is 6. The normalized spacial score (nSPS) is 13.9. The largest absolute Gasteiger partial charge is 0.494 e. The van der Waals surface area contributed by atoms with Gasteiger partial charge in [-0.25, -0.2) is 4.98 Å². The highest BCUT2D eigenvalue weighted by Gasteiger charge is 2.17. The number of aromatic nitrogens is 1. The molecule has 156 valence electrons. The summed E-state index contributed by atoms with van der Waals surface area (Å²) in [6.45, 7) is 7.63. The van der Waals surface area contributed by atoms with Gasteiger partial charge in [0.1, 0.15) is 15.6 Å². The van der Waals surface area contributed by atoms with E-state index in [0.717, 1.165) is 59.7 Å². The van der Waals surface area contributed by atoms with Gasteiger partial charge in [0.2, 0.25) is 0 Å². The van der Waals surface area contributed by atoms with E-state index in [4.69, 9.17) is 9.47 Å². The molecule has 6 nitrogen and oxygen atoms in total. The third-order valence-corrected chi connectivity index (χ3v) is 6.10. The molecule has 0 unspecified atom stereocenters. The maximum atomic E-state index is 12.9. The minimum absolute atomic E-state index is 0.138. The van der Waals surface area contributed by atoms with Gasteiger partial charge in [0, 0.05) is 30.0 Å². The Hall–Kier alpha value is -2.90. The molecule has 0 radical (unpaired) electrons. The topological polar surface area (TPSA) is 63.7 Å². The molecule has 1 aliphatic heterocycles. The lowest BCUT2D eigenvalue weighted by molar-refractivity contribution is 0.102. The second kappa shape index (κ2) is 9.28. The van der Waals surface area contributed by atoms with E-state index in [1.54, 1.807) is 0 Å². The number of thiazole rings is 1. The summed E-state index contributed by atoms with van der Waals surface area (Å²) < 4.78 is 10.9. The molecule has 2 heterocycles. The average Bonchev–Trinajstić information content (AvgIpc) is 3.17. The fraction of sp³-hybridized carbons (Fsp3) is 0.304.